The van der Waals surface area contributed by atoms with Gasteiger partial charge in [-0.25, -0.2) is 0 Å². The Hall–Kier alpha value is -3.85. The number of nitrogens with zero attached hydrogens (tertiary/aromatic N) is 1. The Kier molecular flexibility index (Phi) is 3.97. The molecule has 4 aromatic carbocycles. The van der Waals surface area contributed by atoms with Crippen LogP contribution in [0.2, 0.25) is 0 Å². The number of fused-ring (bicyclic) bond motifs is 4. The van der Waals surface area contributed by atoms with E-state index in [-0.39, 0.29) is 11.9 Å². The number of para-hydroxylation sites is 2. The summed E-state index contributed by atoms with van der Waals surface area (Å²) in [5.41, 5.74) is 4.28. The molecule has 1 spiro atoms. The third kappa shape index (κ3) is 2.50. The summed E-state index contributed by atoms with van der Waals surface area (Å²) < 4.78 is 6.06. The minimum atomic E-state index is -0.811. The van der Waals surface area contributed by atoms with Gasteiger partial charge in [-0.05, 0) is 28.8 Å². The van der Waals surface area contributed by atoms with Crippen molar-refractivity contribution in [1.29, 1.82) is 0 Å². The molecule has 0 N–H and O–H groups in total. The number of rotatable bonds is 3. The van der Waals surface area contributed by atoms with E-state index in [1.807, 2.05) is 77.7 Å². The van der Waals surface area contributed by atoms with Gasteiger partial charge in [-0.1, -0.05) is 97.1 Å². The Morgan fingerprint density at radius 2 is 1.23 bits per heavy atom. The van der Waals surface area contributed by atoms with Crippen LogP contribution in [0.4, 0.5) is 5.69 Å². The lowest BCUT2D eigenvalue weighted by molar-refractivity contribution is -0.122. The minimum Gasteiger partial charge on any atom is -0.491 e. The van der Waals surface area contributed by atoms with E-state index < -0.39 is 5.41 Å². The van der Waals surface area contributed by atoms with Gasteiger partial charge >= 0.3 is 0 Å². The van der Waals surface area contributed by atoms with Crippen molar-refractivity contribution >= 4 is 11.6 Å². The molecular formula is C28H21NO2. The van der Waals surface area contributed by atoms with E-state index in [1.165, 1.54) is 0 Å². The predicted molar refractivity (Wildman–Crippen MR) is 121 cm³/mol. The van der Waals surface area contributed by atoms with Crippen LogP contribution in [0.25, 0.3) is 0 Å². The van der Waals surface area contributed by atoms with Gasteiger partial charge in [0, 0.05) is 11.3 Å². The molecule has 0 aromatic heterocycles. The SMILES string of the molecule is O=C1N(C(c2ccccc2)c2ccccc2)c2ccccc2C12COc1ccccc12. The molecule has 0 bridgehead atoms. The van der Waals surface area contributed by atoms with Gasteiger partial charge in [0.25, 0.3) is 0 Å². The molecule has 6 rings (SSSR count). The maximum Gasteiger partial charge on any atom is 0.246 e. The normalized spacial score (nSPS) is 18.9. The summed E-state index contributed by atoms with van der Waals surface area (Å²) in [5.74, 6) is 0.861. The van der Waals surface area contributed by atoms with Crippen LogP contribution < -0.4 is 9.64 Å². The van der Waals surface area contributed by atoms with Gasteiger partial charge in [-0.15, -0.1) is 0 Å². The lowest BCUT2D eigenvalue weighted by atomic mass is 9.77. The van der Waals surface area contributed by atoms with E-state index in [9.17, 15) is 4.79 Å². The van der Waals surface area contributed by atoms with Crippen LogP contribution >= 0.6 is 0 Å². The summed E-state index contributed by atoms with van der Waals surface area (Å²) in [6.45, 7) is 0.328. The molecule has 31 heavy (non-hydrogen) atoms. The van der Waals surface area contributed by atoms with E-state index in [0.717, 1.165) is 33.7 Å². The van der Waals surface area contributed by atoms with Crippen molar-refractivity contribution in [2.45, 2.75) is 11.5 Å². The second-order valence-corrected chi connectivity index (χ2v) is 8.11. The number of hydrogen-bond donors (Lipinski definition) is 0. The van der Waals surface area contributed by atoms with Crippen molar-refractivity contribution in [1.82, 2.24) is 0 Å². The van der Waals surface area contributed by atoms with E-state index >= 15 is 0 Å². The van der Waals surface area contributed by atoms with Crippen LogP contribution in [-0.4, -0.2) is 12.5 Å². The third-order valence-corrected chi connectivity index (χ3v) is 6.49. The van der Waals surface area contributed by atoms with Crippen LogP contribution in [0.3, 0.4) is 0 Å². The maximum atomic E-state index is 14.4. The molecule has 2 aliphatic rings. The van der Waals surface area contributed by atoms with E-state index in [0.29, 0.717) is 6.61 Å². The molecule has 2 aliphatic heterocycles. The van der Waals surface area contributed by atoms with Crippen molar-refractivity contribution in [3.05, 3.63) is 131 Å². The zero-order valence-electron chi connectivity index (χ0n) is 16.9. The van der Waals surface area contributed by atoms with Crippen molar-refractivity contribution < 1.29 is 9.53 Å². The van der Waals surface area contributed by atoms with Crippen molar-refractivity contribution in [3.63, 3.8) is 0 Å². The quantitative estimate of drug-likeness (QED) is 0.452. The molecule has 3 heteroatoms. The van der Waals surface area contributed by atoms with E-state index in [4.69, 9.17) is 4.74 Å². The van der Waals surface area contributed by atoms with E-state index in [1.54, 1.807) is 0 Å². The molecule has 0 aliphatic carbocycles. The fraction of sp³-hybridized carbons (Fsp3) is 0.107. The Morgan fingerprint density at radius 1 is 0.677 bits per heavy atom. The fourth-order valence-corrected chi connectivity index (χ4v) is 5.10. The molecule has 2 heterocycles. The molecule has 150 valence electrons. The van der Waals surface area contributed by atoms with Crippen LogP contribution in [0.1, 0.15) is 28.3 Å². The Balaban J connectivity index is 1.60. The Labute approximate surface area is 181 Å². The highest BCUT2D eigenvalue weighted by Crippen LogP contribution is 2.54. The molecule has 4 aromatic rings. The summed E-state index contributed by atoms with van der Waals surface area (Å²) >= 11 is 0. The maximum absolute atomic E-state index is 14.4. The first-order valence-corrected chi connectivity index (χ1v) is 10.6. The van der Waals surface area contributed by atoms with Gasteiger partial charge in [0.1, 0.15) is 17.8 Å². The molecular weight excluding hydrogens is 382 g/mol. The highest BCUT2D eigenvalue weighted by Gasteiger charge is 2.58. The first-order valence-electron chi connectivity index (χ1n) is 10.6. The van der Waals surface area contributed by atoms with Crippen LogP contribution in [0.15, 0.2) is 109 Å². The molecule has 1 amide bonds. The molecule has 0 radical (unpaired) electrons. The average Bonchev–Trinajstić information content (AvgIpc) is 3.34. The Morgan fingerprint density at radius 3 is 1.90 bits per heavy atom. The molecule has 0 saturated heterocycles. The second kappa shape index (κ2) is 6.85. The minimum absolute atomic E-state index is 0.0661. The first kappa shape index (κ1) is 18.0. The standard InChI is InChI=1S/C28H21NO2/c30-27-28(19-31-25-18-10-8-16-23(25)28)22-15-7-9-17-24(22)29(27)26(20-11-3-1-4-12-20)21-13-5-2-6-14-21/h1-18,26H,19H2. The summed E-state index contributed by atoms with van der Waals surface area (Å²) in [7, 11) is 0. The van der Waals surface area contributed by atoms with Crippen LogP contribution in [0.5, 0.6) is 5.75 Å². The lowest BCUT2D eigenvalue weighted by Gasteiger charge is -2.31. The van der Waals surface area contributed by atoms with Gasteiger partial charge in [-0.3, -0.25) is 9.69 Å². The predicted octanol–water partition coefficient (Wildman–Crippen LogP) is 5.50. The summed E-state index contributed by atoms with van der Waals surface area (Å²) in [6.07, 6.45) is 0. The number of hydrogen-bond acceptors (Lipinski definition) is 2. The fourth-order valence-electron chi connectivity index (χ4n) is 5.10. The van der Waals surface area contributed by atoms with Gasteiger partial charge in [-0.2, -0.15) is 0 Å². The molecule has 0 fully saturated rings. The largest absolute Gasteiger partial charge is 0.491 e. The number of amides is 1. The Bertz CT molecular complexity index is 1230. The van der Waals surface area contributed by atoms with Gasteiger partial charge in [0.15, 0.2) is 0 Å². The number of ether oxygens (including phenoxy) is 1. The number of carbonyl (C=O) groups excluding carboxylic acids is 1. The summed E-state index contributed by atoms with van der Waals surface area (Å²) in [4.78, 5) is 16.4. The highest BCUT2D eigenvalue weighted by molar-refractivity contribution is 6.12. The summed E-state index contributed by atoms with van der Waals surface area (Å²) in [6, 6.07) is 36.4. The topological polar surface area (TPSA) is 29.5 Å². The van der Waals surface area contributed by atoms with Crippen molar-refractivity contribution in [3.8, 4) is 5.75 Å². The first-order chi connectivity index (χ1) is 15.3. The van der Waals surface area contributed by atoms with E-state index in [2.05, 4.69) is 36.4 Å². The van der Waals surface area contributed by atoms with Crippen LogP contribution in [-0.2, 0) is 10.2 Å². The third-order valence-electron chi connectivity index (χ3n) is 6.49. The molecule has 1 unspecified atom stereocenters. The van der Waals surface area contributed by atoms with Gasteiger partial charge in [0.2, 0.25) is 5.91 Å². The number of carbonyl (C=O) groups is 1. The molecule has 3 nitrogen and oxygen atoms in total. The van der Waals surface area contributed by atoms with Crippen LogP contribution in [0, 0.1) is 0 Å². The van der Waals surface area contributed by atoms with Gasteiger partial charge < -0.3 is 4.74 Å². The molecule has 0 saturated carbocycles. The van der Waals surface area contributed by atoms with Gasteiger partial charge in [0.05, 0.1) is 6.04 Å². The number of anilines is 1. The lowest BCUT2D eigenvalue weighted by Crippen LogP contribution is -2.44. The number of benzene rings is 4. The summed E-state index contributed by atoms with van der Waals surface area (Å²) in [5, 5.41) is 0. The zero-order valence-corrected chi connectivity index (χ0v) is 16.9. The second-order valence-electron chi connectivity index (χ2n) is 8.11. The zero-order chi connectivity index (χ0) is 20.8. The monoisotopic (exact) mass is 403 g/mol. The van der Waals surface area contributed by atoms with Crippen molar-refractivity contribution in [2.24, 2.45) is 0 Å². The molecule has 1 atom stereocenters. The highest BCUT2D eigenvalue weighted by atomic mass is 16.5. The van der Waals surface area contributed by atoms with Crippen molar-refractivity contribution in [2.75, 3.05) is 11.5 Å². The smallest absolute Gasteiger partial charge is 0.246 e. The average molecular weight is 403 g/mol.